The minimum atomic E-state index is -3.62. The Bertz CT molecular complexity index is 541. The maximum absolute atomic E-state index is 12.1. The summed E-state index contributed by atoms with van der Waals surface area (Å²) in [7, 11) is -3.62. The Morgan fingerprint density at radius 3 is 2.37 bits per heavy atom. The molecule has 0 amide bonds. The number of nitrogens with one attached hydrogen (secondary N) is 1. The number of rotatable bonds is 6. The average Bonchev–Trinajstić information content (AvgIpc) is 2.59. The molecule has 1 unspecified atom stereocenters. The molecule has 0 bridgehead atoms. The van der Waals surface area contributed by atoms with Gasteiger partial charge in [0, 0.05) is 11.4 Å². The van der Waals surface area contributed by atoms with Gasteiger partial charge in [-0.1, -0.05) is 13.8 Å². The standard InChI is InChI=1S/C12H19NO4S2/c1-7(2)10(12(14)15)6-13-19(16,17)11-5-8(3)9(4)18-11/h5,7,10,13H,6H2,1-4H3,(H,14,15). The van der Waals surface area contributed by atoms with Crippen LogP contribution in [0.2, 0.25) is 0 Å². The van der Waals surface area contributed by atoms with Crippen LogP contribution in [-0.2, 0) is 14.8 Å². The second kappa shape index (κ2) is 6.02. The predicted molar refractivity (Wildman–Crippen MR) is 74.9 cm³/mol. The molecule has 19 heavy (non-hydrogen) atoms. The second-order valence-corrected chi connectivity index (χ2v) is 8.10. The van der Waals surface area contributed by atoms with Gasteiger partial charge in [0.1, 0.15) is 4.21 Å². The van der Waals surface area contributed by atoms with Gasteiger partial charge >= 0.3 is 5.97 Å². The summed E-state index contributed by atoms with van der Waals surface area (Å²) >= 11 is 1.19. The molecule has 1 rings (SSSR count). The molecule has 0 spiro atoms. The van der Waals surface area contributed by atoms with Crippen LogP contribution in [-0.4, -0.2) is 26.0 Å². The number of aliphatic carboxylic acids is 1. The highest BCUT2D eigenvalue weighted by Crippen LogP contribution is 2.25. The van der Waals surface area contributed by atoms with Crippen molar-refractivity contribution >= 4 is 27.3 Å². The molecule has 2 N–H and O–H groups in total. The van der Waals surface area contributed by atoms with Gasteiger partial charge < -0.3 is 5.11 Å². The van der Waals surface area contributed by atoms with Crippen molar-refractivity contribution in [1.82, 2.24) is 4.72 Å². The molecule has 7 heteroatoms. The van der Waals surface area contributed by atoms with Crippen LogP contribution in [0.15, 0.2) is 10.3 Å². The lowest BCUT2D eigenvalue weighted by Crippen LogP contribution is -2.35. The van der Waals surface area contributed by atoms with Gasteiger partial charge in [-0.2, -0.15) is 0 Å². The molecule has 1 atom stereocenters. The van der Waals surface area contributed by atoms with Crippen LogP contribution in [0.25, 0.3) is 0 Å². The fourth-order valence-electron chi connectivity index (χ4n) is 1.55. The summed E-state index contributed by atoms with van der Waals surface area (Å²) in [6, 6.07) is 1.60. The van der Waals surface area contributed by atoms with Crippen LogP contribution in [0.3, 0.4) is 0 Å². The highest BCUT2D eigenvalue weighted by Gasteiger charge is 2.25. The van der Waals surface area contributed by atoms with Gasteiger partial charge in [0.15, 0.2) is 0 Å². The molecule has 0 saturated carbocycles. The van der Waals surface area contributed by atoms with E-state index >= 15 is 0 Å². The van der Waals surface area contributed by atoms with E-state index in [4.69, 9.17) is 5.11 Å². The van der Waals surface area contributed by atoms with Crippen molar-refractivity contribution in [3.05, 3.63) is 16.5 Å². The number of sulfonamides is 1. The fourth-order valence-corrected chi connectivity index (χ4v) is 4.17. The molecule has 0 fully saturated rings. The topological polar surface area (TPSA) is 83.5 Å². The number of carboxylic acids is 1. The lowest BCUT2D eigenvalue weighted by molar-refractivity contribution is -0.142. The van der Waals surface area contributed by atoms with Gasteiger partial charge in [0.2, 0.25) is 10.0 Å². The molecular formula is C12H19NO4S2. The number of carbonyl (C=O) groups is 1. The Balaban J connectivity index is 2.83. The Morgan fingerprint density at radius 2 is 2.00 bits per heavy atom. The van der Waals surface area contributed by atoms with Crippen LogP contribution in [0, 0.1) is 25.7 Å². The summed E-state index contributed by atoms with van der Waals surface area (Å²) in [6.07, 6.45) is 0. The quantitative estimate of drug-likeness (QED) is 0.842. The van der Waals surface area contributed by atoms with E-state index < -0.39 is 21.9 Å². The minimum Gasteiger partial charge on any atom is -0.481 e. The van der Waals surface area contributed by atoms with Crippen LogP contribution in [0.1, 0.15) is 24.3 Å². The van der Waals surface area contributed by atoms with Gasteiger partial charge in [-0.25, -0.2) is 13.1 Å². The molecule has 5 nitrogen and oxygen atoms in total. The number of hydrogen-bond donors (Lipinski definition) is 2. The van der Waals surface area contributed by atoms with Gasteiger partial charge in [0.25, 0.3) is 0 Å². The molecule has 0 aromatic carbocycles. The predicted octanol–water partition coefficient (Wildman–Crippen LogP) is 2.00. The average molecular weight is 305 g/mol. The smallest absolute Gasteiger partial charge is 0.308 e. The highest BCUT2D eigenvalue weighted by molar-refractivity contribution is 7.91. The van der Waals surface area contributed by atoms with Crippen molar-refractivity contribution in [3.8, 4) is 0 Å². The van der Waals surface area contributed by atoms with E-state index in [9.17, 15) is 13.2 Å². The maximum Gasteiger partial charge on any atom is 0.308 e. The molecular weight excluding hydrogens is 286 g/mol. The molecule has 0 aliphatic carbocycles. The van der Waals surface area contributed by atoms with Gasteiger partial charge in [-0.05, 0) is 31.4 Å². The number of carboxylic acid groups (broad SMARTS) is 1. The number of thiophene rings is 1. The van der Waals surface area contributed by atoms with Crippen LogP contribution < -0.4 is 4.72 Å². The first-order chi connectivity index (χ1) is 8.65. The van der Waals surface area contributed by atoms with Crippen molar-refractivity contribution < 1.29 is 18.3 Å². The van der Waals surface area contributed by atoms with E-state index in [1.807, 2.05) is 13.8 Å². The Morgan fingerprint density at radius 1 is 1.42 bits per heavy atom. The van der Waals surface area contributed by atoms with E-state index in [2.05, 4.69) is 4.72 Å². The maximum atomic E-state index is 12.1. The minimum absolute atomic E-state index is 0.0919. The van der Waals surface area contributed by atoms with Crippen molar-refractivity contribution in [2.75, 3.05) is 6.54 Å². The largest absolute Gasteiger partial charge is 0.481 e. The fraction of sp³-hybridized carbons (Fsp3) is 0.583. The highest BCUT2D eigenvalue weighted by atomic mass is 32.2. The Labute approximate surface area is 117 Å². The summed E-state index contributed by atoms with van der Waals surface area (Å²) in [6.45, 7) is 7.12. The number of hydrogen-bond acceptors (Lipinski definition) is 4. The summed E-state index contributed by atoms with van der Waals surface area (Å²) in [5, 5.41) is 9.03. The number of aryl methyl sites for hydroxylation is 2. The molecule has 0 aliphatic rings. The van der Waals surface area contributed by atoms with E-state index in [1.54, 1.807) is 19.9 Å². The van der Waals surface area contributed by atoms with E-state index in [0.29, 0.717) is 0 Å². The third kappa shape index (κ3) is 4.02. The van der Waals surface area contributed by atoms with Crippen LogP contribution in [0.5, 0.6) is 0 Å². The van der Waals surface area contributed by atoms with Crippen molar-refractivity contribution in [3.63, 3.8) is 0 Å². The van der Waals surface area contributed by atoms with Crippen molar-refractivity contribution in [1.29, 1.82) is 0 Å². The van der Waals surface area contributed by atoms with E-state index in [1.165, 1.54) is 11.3 Å². The summed E-state index contributed by atoms with van der Waals surface area (Å²) < 4.78 is 26.7. The zero-order valence-electron chi connectivity index (χ0n) is 11.4. The van der Waals surface area contributed by atoms with Crippen LogP contribution in [0.4, 0.5) is 0 Å². The lowest BCUT2D eigenvalue weighted by atomic mass is 9.97. The monoisotopic (exact) mass is 305 g/mol. The first-order valence-electron chi connectivity index (χ1n) is 5.94. The molecule has 0 aliphatic heterocycles. The normalized spacial score (nSPS) is 13.7. The van der Waals surface area contributed by atoms with E-state index in [0.717, 1.165) is 10.4 Å². The first kappa shape index (κ1) is 16.1. The van der Waals surface area contributed by atoms with Crippen molar-refractivity contribution in [2.24, 2.45) is 11.8 Å². The van der Waals surface area contributed by atoms with E-state index in [-0.39, 0.29) is 16.7 Å². The Kier molecular flexibility index (Phi) is 5.11. The Hall–Kier alpha value is -0.920. The molecule has 1 aromatic rings. The zero-order valence-corrected chi connectivity index (χ0v) is 13.1. The zero-order chi connectivity index (χ0) is 14.8. The second-order valence-electron chi connectivity index (χ2n) is 4.85. The lowest BCUT2D eigenvalue weighted by Gasteiger charge is -2.16. The SMILES string of the molecule is Cc1cc(S(=O)(=O)NCC(C(=O)O)C(C)C)sc1C. The summed E-state index contributed by atoms with van der Waals surface area (Å²) in [4.78, 5) is 12.0. The van der Waals surface area contributed by atoms with Gasteiger partial charge in [-0.3, -0.25) is 4.79 Å². The molecule has 0 saturated heterocycles. The first-order valence-corrected chi connectivity index (χ1v) is 8.24. The molecule has 108 valence electrons. The third-order valence-electron chi connectivity index (χ3n) is 3.02. The summed E-state index contributed by atoms with van der Waals surface area (Å²) in [5.41, 5.74) is 0.920. The third-order valence-corrected chi connectivity index (χ3v) is 6.07. The molecule has 1 heterocycles. The van der Waals surface area contributed by atoms with Gasteiger partial charge in [0.05, 0.1) is 5.92 Å². The molecule has 1 aromatic heterocycles. The molecule has 0 radical (unpaired) electrons. The van der Waals surface area contributed by atoms with Crippen LogP contribution >= 0.6 is 11.3 Å². The summed E-state index contributed by atoms with van der Waals surface area (Å²) in [5.74, 6) is -1.85. The van der Waals surface area contributed by atoms with Gasteiger partial charge in [-0.15, -0.1) is 11.3 Å². The van der Waals surface area contributed by atoms with Crippen molar-refractivity contribution in [2.45, 2.75) is 31.9 Å².